The minimum atomic E-state index is -4.06. The Balaban J connectivity index is 1.35. The largest absolute Gasteiger partial charge is 0.388 e. The second-order valence-electron chi connectivity index (χ2n) is 7.98. The highest BCUT2D eigenvalue weighted by Gasteiger charge is 2.52. The maximum atomic E-state index is 12.7. The van der Waals surface area contributed by atoms with E-state index in [1.807, 2.05) is 6.92 Å². The molecule has 1 aromatic rings. The molecule has 3 saturated heterocycles. The third-order valence-corrected chi connectivity index (χ3v) is 7.11. The normalized spacial score (nSPS) is 32.4. The highest BCUT2D eigenvalue weighted by molar-refractivity contribution is 7.86. The number of ether oxygens (including phenoxy) is 3. The summed E-state index contributed by atoms with van der Waals surface area (Å²) in [4.78, 5) is 2.38. The van der Waals surface area contributed by atoms with Gasteiger partial charge in [-0.25, -0.2) is 0 Å². The summed E-state index contributed by atoms with van der Waals surface area (Å²) in [6.45, 7) is 7.15. The van der Waals surface area contributed by atoms with E-state index in [1.54, 1.807) is 12.1 Å². The first-order valence-electron chi connectivity index (χ1n) is 10.4. The second-order valence-corrected chi connectivity index (χ2v) is 9.55. The van der Waals surface area contributed by atoms with E-state index in [0.717, 1.165) is 44.8 Å². The molecule has 0 spiro atoms. The fourth-order valence-corrected chi connectivity index (χ4v) is 5.12. The summed E-state index contributed by atoms with van der Waals surface area (Å²) in [6, 6.07) is 5.91. The predicted molar refractivity (Wildman–Crippen MR) is 108 cm³/mol. The summed E-state index contributed by atoms with van der Waals surface area (Å²) in [5, 5.41) is 14.2. The van der Waals surface area contributed by atoms with Crippen molar-refractivity contribution >= 4 is 10.1 Å². The van der Waals surface area contributed by atoms with Crippen molar-refractivity contribution in [2.24, 2.45) is 0 Å². The van der Waals surface area contributed by atoms with Gasteiger partial charge in [-0.05, 0) is 38.6 Å². The lowest BCUT2D eigenvalue weighted by atomic mass is 9.98. The van der Waals surface area contributed by atoms with Crippen molar-refractivity contribution in [2.75, 3.05) is 46.0 Å². The Kier molecular flexibility index (Phi) is 7.05. The Morgan fingerprint density at radius 1 is 1.23 bits per heavy atom. The van der Waals surface area contributed by atoms with Crippen molar-refractivity contribution in [3.8, 4) is 0 Å². The zero-order chi connectivity index (χ0) is 21.1. The van der Waals surface area contributed by atoms with Crippen molar-refractivity contribution < 1.29 is 31.9 Å². The molecule has 9 nitrogen and oxygen atoms in total. The van der Waals surface area contributed by atoms with Crippen LogP contribution in [-0.2, 0) is 28.5 Å². The zero-order valence-corrected chi connectivity index (χ0v) is 17.9. The van der Waals surface area contributed by atoms with Gasteiger partial charge in [0, 0.05) is 13.1 Å². The highest BCUT2D eigenvalue weighted by atomic mass is 32.2. The number of hydrogen-bond acceptors (Lipinski definition) is 9. The first-order chi connectivity index (χ1) is 14.4. The van der Waals surface area contributed by atoms with Gasteiger partial charge >= 0.3 is 0 Å². The number of benzene rings is 1. The molecular weight excluding hydrogens is 412 g/mol. The van der Waals surface area contributed by atoms with Crippen LogP contribution in [0.2, 0.25) is 0 Å². The van der Waals surface area contributed by atoms with Crippen molar-refractivity contribution in [3.05, 3.63) is 29.8 Å². The van der Waals surface area contributed by atoms with Gasteiger partial charge in [-0.15, -0.1) is 0 Å². The van der Waals surface area contributed by atoms with E-state index < -0.39 is 34.7 Å². The summed E-state index contributed by atoms with van der Waals surface area (Å²) < 4.78 is 47.5. The summed E-state index contributed by atoms with van der Waals surface area (Å²) in [5.74, 6) is 0. The standard InChI is InChI=1S/C20H30N2O7S/c1-14-3-5-15(6-4-14)30(24,25)29-19-18(23)17(16-13-27-20(19)28-16)21-7-2-8-22-9-11-26-12-10-22/h3-6,16-21,23H,2,7-13H2,1H3/t16-,17-,18+,19+,20-/m1/s1. The topological polar surface area (TPSA) is 107 Å². The number of morpholine rings is 1. The van der Waals surface area contributed by atoms with Gasteiger partial charge in [0.1, 0.15) is 12.2 Å². The maximum absolute atomic E-state index is 12.7. The number of nitrogens with one attached hydrogen (secondary N) is 1. The number of fused-ring (bicyclic) bond motifs is 2. The van der Waals surface area contributed by atoms with E-state index in [9.17, 15) is 13.5 Å². The summed E-state index contributed by atoms with van der Waals surface area (Å²) in [6.07, 6.45) is -2.55. The molecule has 5 atom stereocenters. The van der Waals surface area contributed by atoms with Crippen molar-refractivity contribution in [1.29, 1.82) is 0 Å². The first-order valence-corrected chi connectivity index (χ1v) is 11.8. The molecule has 0 aromatic heterocycles. The molecule has 2 N–H and O–H groups in total. The minimum Gasteiger partial charge on any atom is -0.388 e. The molecular formula is C20H30N2O7S. The minimum absolute atomic E-state index is 0.0374. The van der Waals surface area contributed by atoms with Gasteiger partial charge in [-0.3, -0.25) is 9.08 Å². The summed E-state index contributed by atoms with van der Waals surface area (Å²) in [7, 11) is -4.06. The lowest BCUT2D eigenvalue weighted by Gasteiger charge is -2.38. The fraction of sp³-hybridized carbons (Fsp3) is 0.700. The Morgan fingerprint density at radius 3 is 2.70 bits per heavy atom. The molecule has 0 amide bonds. The quantitative estimate of drug-likeness (QED) is 0.420. The lowest BCUT2D eigenvalue weighted by Crippen LogP contribution is -2.60. The van der Waals surface area contributed by atoms with Crippen LogP contribution in [-0.4, -0.2) is 95.1 Å². The average molecular weight is 443 g/mol. The molecule has 2 bridgehead atoms. The van der Waals surface area contributed by atoms with Crippen molar-refractivity contribution in [1.82, 2.24) is 10.2 Å². The molecule has 168 valence electrons. The average Bonchev–Trinajstić information content (AvgIpc) is 3.18. The van der Waals surface area contributed by atoms with Gasteiger partial charge < -0.3 is 24.6 Å². The van der Waals surface area contributed by atoms with Crippen LogP contribution in [0.3, 0.4) is 0 Å². The van der Waals surface area contributed by atoms with E-state index in [4.69, 9.17) is 18.4 Å². The van der Waals surface area contributed by atoms with Crippen LogP contribution in [0, 0.1) is 6.92 Å². The molecule has 0 unspecified atom stereocenters. The number of aliphatic hydroxyl groups is 1. The lowest BCUT2D eigenvalue weighted by molar-refractivity contribution is -0.192. The van der Waals surface area contributed by atoms with Crippen LogP contribution in [0.15, 0.2) is 29.2 Å². The first kappa shape index (κ1) is 22.1. The molecule has 4 rings (SSSR count). The number of hydrogen-bond donors (Lipinski definition) is 2. The fourth-order valence-electron chi connectivity index (χ4n) is 4.04. The molecule has 1 aromatic carbocycles. The Morgan fingerprint density at radius 2 is 1.97 bits per heavy atom. The van der Waals surface area contributed by atoms with E-state index in [0.29, 0.717) is 6.54 Å². The molecule has 3 heterocycles. The monoisotopic (exact) mass is 442 g/mol. The highest BCUT2D eigenvalue weighted by Crippen LogP contribution is 2.32. The third kappa shape index (κ3) is 5.03. The zero-order valence-electron chi connectivity index (χ0n) is 17.1. The van der Waals surface area contributed by atoms with Gasteiger partial charge in [-0.1, -0.05) is 17.7 Å². The van der Waals surface area contributed by atoms with Crippen LogP contribution in [0.4, 0.5) is 0 Å². The Bertz CT molecular complexity index is 798. The van der Waals surface area contributed by atoms with Gasteiger partial charge in [0.15, 0.2) is 12.4 Å². The Hall–Kier alpha value is -1.11. The molecule has 3 aliphatic heterocycles. The molecule has 0 radical (unpaired) electrons. The second kappa shape index (κ2) is 9.58. The predicted octanol–water partition coefficient (Wildman–Crippen LogP) is -0.135. The van der Waals surface area contributed by atoms with Crippen LogP contribution >= 0.6 is 0 Å². The van der Waals surface area contributed by atoms with E-state index in [-0.39, 0.29) is 17.6 Å². The van der Waals surface area contributed by atoms with Crippen molar-refractivity contribution in [3.63, 3.8) is 0 Å². The molecule has 3 fully saturated rings. The van der Waals surface area contributed by atoms with Gasteiger partial charge in [0.05, 0.1) is 30.8 Å². The van der Waals surface area contributed by atoms with E-state index in [1.165, 1.54) is 12.1 Å². The molecule has 0 saturated carbocycles. The summed E-state index contributed by atoms with van der Waals surface area (Å²) >= 11 is 0. The van der Waals surface area contributed by atoms with Gasteiger partial charge in [-0.2, -0.15) is 8.42 Å². The van der Waals surface area contributed by atoms with E-state index >= 15 is 0 Å². The molecule has 3 aliphatic rings. The summed E-state index contributed by atoms with van der Waals surface area (Å²) in [5.41, 5.74) is 0.943. The van der Waals surface area contributed by atoms with Crippen LogP contribution in [0.5, 0.6) is 0 Å². The van der Waals surface area contributed by atoms with Gasteiger partial charge in [0.2, 0.25) is 0 Å². The maximum Gasteiger partial charge on any atom is 0.297 e. The SMILES string of the molecule is Cc1ccc(S(=O)(=O)O[C@@H]2[C@@H]3OC[C@@H](O3)[C@@H](NCCCN3CCOCC3)[C@@H]2O)cc1. The van der Waals surface area contributed by atoms with Gasteiger partial charge in [0.25, 0.3) is 10.1 Å². The van der Waals surface area contributed by atoms with Crippen LogP contribution < -0.4 is 5.32 Å². The molecule has 0 aliphatic carbocycles. The number of nitrogens with zero attached hydrogens (tertiary/aromatic N) is 1. The van der Waals surface area contributed by atoms with Crippen LogP contribution in [0.25, 0.3) is 0 Å². The third-order valence-electron chi connectivity index (χ3n) is 5.79. The Labute approximate surface area is 177 Å². The molecule has 10 heteroatoms. The molecule has 30 heavy (non-hydrogen) atoms. The smallest absolute Gasteiger partial charge is 0.297 e. The van der Waals surface area contributed by atoms with E-state index in [2.05, 4.69) is 10.2 Å². The number of aryl methyl sites for hydroxylation is 1. The number of aliphatic hydroxyl groups excluding tert-OH is 1. The van der Waals surface area contributed by atoms with Crippen molar-refractivity contribution in [2.45, 2.75) is 48.9 Å². The van der Waals surface area contributed by atoms with Crippen LogP contribution in [0.1, 0.15) is 12.0 Å². The number of rotatable bonds is 8.